The standard InChI is InChI=1S/C13H19N5O2/c1-8(2)7-19-13-10(14)4-5-11(17-13)15-6-12-16-9(3)20-18-12/h4-5,8H,6-7,14H2,1-3H3,(H,15,17). The van der Waals surface area contributed by atoms with Gasteiger partial charge in [0.25, 0.3) is 0 Å². The Labute approximate surface area is 117 Å². The molecule has 0 saturated carbocycles. The quantitative estimate of drug-likeness (QED) is 0.833. The summed E-state index contributed by atoms with van der Waals surface area (Å²) in [5.41, 5.74) is 6.35. The van der Waals surface area contributed by atoms with E-state index in [1.54, 1.807) is 19.1 Å². The van der Waals surface area contributed by atoms with E-state index >= 15 is 0 Å². The first-order valence-electron chi connectivity index (χ1n) is 6.47. The Morgan fingerprint density at radius 1 is 1.35 bits per heavy atom. The van der Waals surface area contributed by atoms with E-state index in [1.165, 1.54) is 0 Å². The molecule has 108 valence electrons. The molecule has 0 spiro atoms. The molecule has 7 heteroatoms. The van der Waals surface area contributed by atoms with E-state index in [0.29, 0.717) is 48.2 Å². The number of hydrogen-bond donors (Lipinski definition) is 2. The number of hydrogen-bond acceptors (Lipinski definition) is 7. The lowest BCUT2D eigenvalue weighted by Crippen LogP contribution is -2.09. The summed E-state index contributed by atoms with van der Waals surface area (Å²) >= 11 is 0. The molecule has 3 N–H and O–H groups in total. The van der Waals surface area contributed by atoms with Crippen molar-refractivity contribution in [1.29, 1.82) is 0 Å². The Hall–Kier alpha value is -2.31. The Morgan fingerprint density at radius 3 is 2.80 bits per heavy atom. The van der Waals surface area contributed by atoms with Gasteiger partial charge in [-0.2, -0.15) is 9.97 Å². The third kappa shape index (κ3) is 3.84. The number of ether oxygens (including phenoxy) is 1. The van der Waals surface area contributed by atoms with Crippen molar-refractivity contribution in [3.8, 4) is 5.88 Å². The maximum atomic E-state index is 5.83. The minimum atomic E-state index is 0.412. The molecule has 0 aliphatic heterocycles. The molecule has 0 aliphatic carbocycles. The van der Waals surface area contributed by atoms with Crippen LogP contribution in [0.1, 0.15) is 25.6 Å². The Morgan fingerprint density at radius 2 is 2.15 bits per heavy atom. The lowest BCUT2D eigenvalue weighted by molar-refractivity contribution is 0.263. The van der Waals surface area contributed by atoms with Gasteiger partial charge in [-0.25, -0.2) is 0 Å². The Balaban J connectivity index is 1.99. The summed E-state index contributed by atoms with van der Waals surface area (Å²) in [5, 5.41) is 6.90. The van der Waals surface area contributed by atoms with Gasteiger partial charge in [0.15, 0.2) is 5.82 Å². The largest absolute Gasteiger partial charge is 0.476 e. The highest BCUT2D eigenvalue weighted by Crippen LogP contribution is 2.21. The molecular weight excluding hydrogens is 258 g/mol. The fraction of sp³-hybridized carbons (Fsp3) is 0.462. The van der Waals surface area contributed by atoms with Crippen LogP contribution in [0.15, 0.2) is 16.7 Å². The average molecular weight is 277 g/mol. The van der Waals surface area contributed by atoms with E-state index in [0.717, 1.165) is 0 Å². The van der Waals surface area contributed by atoms with Gasteiger partial charge < -0.3 is 20.3 Å². The normalized spacial score (nSPS) is 10.8. The molecule has 0 radical (unpaired) electrons. The molecule has 7 nitrogen and oxygen atoms in total. The SMILES string of the molecule is Cc1nc(CNc2ccc(N)c(OCC(C)C)n2)no1. The minimum Gasteiger partial charge on any atom is -0.476 e. The van der Waals surface area contributed by atoms with Crippen molar-refractivity contribution in [2.45, 2.75) is 27.3 Å². The summed E-state index contributed by atoms with van der Waals surface area (Å²) in [6.45, 7) is 6.88. The maximum absolute atomic E-state index is 5.83. The van der Waals surface area contributed by atoms with Crippen LogP contribution in [-0.4, -0.2) is 21.7 Å². The van der Waals surface area contributed by atoms with E-state index in [1.807, 2.05) is 0 Å². The molecule has 0 bridgehead atoms. The summed E-state index contributed by atoms with van der Waals surface area (Å²) in [4.78, 5) is 8.42. The van der Waals surface area contributed by atoms with Crippen LogP contribution >= 0.6 is 0 Å². The molecule has 20 heavy (non-hydrogen) atoms. The number of pyridine rings is 1. The van der Waals surface area contributed by atoms with Crippen molar-refractivity contribution in [2.24, 2.45) is 5.92 Å². The van der Waals surface area contributed by atoms with Crippen LogP contribution in [0.5, 0.6) is 5.88 Å². The fourth-order valence-corrected chi connectivity index (χ4v) is 1.49. The Kier molecular flexibility index (Phi) is 4.39. The van der Waals surface area contributed by atoms with Gasteiger partial charge in [-0.3, -0.25) is 0 Å². The van der Waals surface area contributed by atoms with Crippen LogP contribution in [-0.2, 0) is 6.54 Å². The summed E-state index contributed by atoms with van der Waals surface area (Å²) in [6, 6.07) is 3.54. The molecule has 2 aromatic rings. The molecule has 2 rings (SSSR count). The highest BCUT2D eigenvalue weighted by molar-refractivity contribution is 5.53. The van der Waals surface area contributed by atoms with Crippen LogP contribution in [0.25, 0.3) is 0 Å². The van der Waals surface area contributed by atoms with E-state index in [9.17, 15) is 0 Å². The van der Waals surface area contributed by atoms with Crippen LogP contribution in [0, 0.1) is 12.8 Å². The zero-order valence-electron chi connectivity index (χ0n) is 11.9. The molecule has 0 unspecified atom stereocenters. The average Bonchev–Trinajstić information content (AvgIpc) is 2.82. The number of nitrogens with zero attached hydrogens (tertiary/aromatic N) is 3. The third-order valence-corrected chi connectivity index (χ3v) is 2.44. The number of anilines is 2. The number of rotatable bonds is 6. The minimum absolute atomic E-state index is 0.412. The topological polar surface area (TPSA) is 99.1 Å². The second-order valence-electron chi connectivity index (χ2n) is 4.88. The lowest BCUT2D eigenvalue weighted by atomic mass is 10.2. The number of nitrogen functional groups attached to an aromatic ring is 1. The van der Waals surface area contributed by atoms with E-state index in [-0.39, 0.29) is 0 Å². The third-order valence-electron chi connectivity index (χ3n) is 2.44. The lowest BCUT2D eigenvalue weighted by Gasteiger charge is -2.11. The molecule has 2 aromatic heterocycles. The van der Waals surface area contributed by atoms with Crippen LogP contribution in [0.3, 0.4) is 0 Å². The molecule has 0 aromatic carbocycles. The van der Waals surface area contributed by atoms with Gasteiger partial charge in [-0.05, 0) is 18.1 Å². The van der Waals surface area contributed by atoms with Crippen LogP contribution in [0.4, 0.5) is 11.5 Å². The van der Waals surface area contributed by atoms with Crippen LogP contribution < -0.4 is 15.8 Å². The Bertz CT molecular complexity index is 568. The molecule has 0 fully saturated rings. The number of nitrogens with two attached hydrogens (primary N) is 1. The first-order valence-corrected chi connectivity index (χ1v) is 6.47. The second-order valence-corrected chi connectivity index (χ2v) is 4.88. The van der Waals surface area contributed by atoms with Crippen molar-refractivity contribution in [1.82, 2.24) is 15.1 Å². The van der Waals surface area contributed by atoms with E-state index < -0.39 is 0 Å². The number of aromatic nitrogens is 3. The maximum Gasteiger partial charge on any atom is 0.239 e. The summed E-state index contributed by atoms with van der Waals surface area (Å²) in [6.07, 6.45) is 0. The zero-order valence-corrected chi connectivity index (χ0v) is 11.9. The van der Waals surface area contributed by atoms with Gasteiger partial charge >= 0.3 is 0 Å². The van der Waals surface area contributed by atoms with Crippen molar-refractivity contribution in [2.75, 3.05) is 17.7 Å². The molecular formula is C13H19N5O2. The summed E-state index contributed by atoms with van der Waals surface area (Å²) in [5.74, 6) is 2.61. The van der Waals surface area contributed by atoms with Gasteiger partial charge in [-0.15, -0.1) is 0 Å². The summed E-state index contributed by atoms with van der Waals surface area (Å²) < 4.78 is 10.5. The fourth-order valence-electron chi connectivity index (χ4n) is 1.49. The number of aryl methyl sites for hydroxylation is 1. The predicted molar refractivity (Wildman–Crippen MR) is 75.3 cm³/mol. The van der Waals surface area contributed by atoms with Gasteiger partial charge in [0.2, 0.25) is 11.8 Å². The zero-order chi connectivity index (χ0) is 14.5. The van der Waals surface area contributed by atoms with Crippen molar-refractivity contribution in [3.05, 3.63) is 23.8 Å². The van der Waals surface area contributed by atoms with Crippen molar-refractivity contribution >= 4 is 11.5 Å². The van der Waals surface area contributed by atoms with Gasteiger partial charge in [0.05, 0.1) is 18.8 Å². The monoisotopic (exact) mass is 277 g/mol. The smallest absolute Gasteiger partial charge is 0.239 e. The van der Waals surface area contributed by atoms with E-state index in [4.69, 9.17) is 15.0 Å². The molecule has 2 heterocycles. The molecule has 0 amide bonds. The second kappa shape index (κ2) is 6.23. The number of nitrogens with one attached hydrogen (secondary N) is 1. The molecule has 0 atom stereocenters. The predicted octanol–water partition coefficient (Wildman–Crippen LogP) is 2.00. The van der Waals surface area contributed by atoms with Crippen molar-refractivity contribution < 1.29 is 9.26 Å². The first-order chi connectivity index (χ1) is 9.54. The van der Waals surface area contributed by atoms with Gasteiger partial charge in [0.1, 0.15) is 5.82 Å². The van der Waals surface area contributed by atoms with Gasteiger partial charge in [-0.1, -0.05) is 19.0 Å². The van der Waals surface area contributed by atoms with Gasteiger partial charge in [0, 0.05) is 6.92 Å². The van der Waals surface area contributed by atoms with Crippen LogP contribution in [0.2, 0.25) is 0 Å². The first kappa shape index (κ1) is 14.1. The van der Waals surface area contributed by atoms with E-state index in [2.05, 4.69) is 34.3 Å². The molecule has 0 aliphatic rings. The molecule has 0 saturated heterocycles. The van der Waals surface area contributed by atoms with Crippen molar-refractivity contribution in [3.63, 3.8) is 0 Å². The highest BCUT2D eigenvalue weighted by Gasteiger charge is 2.07. The highest BCUT2D eigenvalue weighted by atomic mass is 16.5. The summed E-state index contributed by atoms with van der Waals surface area (Å²) in [7, 11) is 0.